The highest BCUT2D eigenvalue weighted by Crippen LogP contribution is 2.44. The quantitative estimate of drug-likeness (QED) is 0.0892. The third-order valence-electron chi connectivity index (χ3n) is 9.22. The van der Waals surface area contributed by atoms with Gasteiger partial charge >= 0.3 is 11.9 Å². The molecule has 9 nitrogen and oxygen atoms in total. The van der Waals surface area contributed by atoms with Crippen LogP contribution in [0.2, 0.25) is 0 Å². The Morgan fingerprint density at radius 1 is 0.736 bits per heavy atom. The maximum Gasteiger partial charge on any atom is 0.329 e. The van der Waals surface area contributed by atoms with E-state index in [1.165, 1.54) is 40.4 Å². The van der Waals surface area contributed by atoms with Crippen LogP contribution in [0.25, 0.3) is 0 Å². The monoisotopic (exact) mass is 733 g/mol. The molecule has 1 unspecified atom stereocenters. The van der Waals surface area contributed by atoms with Crippen LogP contribution in [0.5, 0.6) is 17.2 Å². The number of ether oxygens (including phenoxy) is 3. The molecule has 1 heterocycles. The number of nitrogens with zero attached hydrogens (tertiary/aromatic N) is 1. The van der Waals surface area contributed by atoms with Crippen molar-refractivity contribution in [1.82, 2.24) is 4.90 Å². The number of allylic oxidation sites excluding steroid dienone is 10. The molecule has 9 heteroatoms. The molecule has 1 amide bonds. The van der Waals surface area contributed by atoms with Crippen molar-refractivity contribution in [2.75, 3.05) is 20.3 Å². The smallest absolute Gasteiger partial charge is 0.329 e. The first-order valence-electron chi connectivity index (χ1n) is 18.8. The van der Waals surface area contributed by atoms with E-state index >= 15 is 0 Å². The summed E-state index contributed by atoms with van der Waals surface area (Å²) in [7, 11) is 1.26. The molecule has 2 N–H and O–H groups in total. The summed E-state index contributed by atoms with van der Waals surface area (Å²) in [6.07, 6.45) is 20.1. The van der Waals surface area contributed by atoms with Crippen molar-refractivity contribution in [3.8, 4) is 17.2 Å². The predicted molar refractivity (Wildman–Crippen MR) is 212 cm³/mol. The van der Waals surface area contributed by atoms with E-state index in [1.807, 2.05) is 26.0 Å². The molecule has 0 saturated heterocycles. The number of carbonyl (C=O) groups excluding carboxylic acids is 3. The molecular formula is C44H63NO8. The summed E-state index contributed by atoms with van der Waals surface area (Å²) in [5, 5.41) is 21.9. The largest absolute Gasteiger partial charge is 0.504 e. The molecule has 0 aliphatic carbocycles. The fourth-order valence-electron chi connectivity index (χ4n) is 5.88. The Bertz CT molecular complexity index is 1600. The maximum absolute atomic E-state index is 13.6. The molecule has 292 valence electrons. The van der Waals surface area contributed by atoms with Crippen LogP contribution in [0.15, 0.2) is 76.0 Å². The number of benzene rings is 1. The van der Waals surface area contributed by atoms with Crippen molar-refractivity contribution in [3.05, 3.63) is 87.1 Å². The van der Waals surface area contributed by atoms with Crippen molar-refractivity contribution in [1.29, 1.82) is 0 Å². The number of rotatable bonds is 22. The van der Waals surface area contributed by atoms with Gasteiger partial charge in [-0.15, -0.1) is 0 Å². The minimum Gasteiger partial charge on any atom is -0.504 e. The molecule has 1 aliphatic heterocycles. The van der Waals surface area contributed by atoms with E-state index in [4.69, 9.17) is 14.2 Å². The van der Waals surface area contributed by atoms with E-state index in [2.05, 4.69) is 65.8 Å². The van der Waals surface area contributed by atoms with Crippen LogP contribution in [0.1, 0.15) is 136 Å². The van der Waals surface area contributed by atoms with E-state index in [9.17, 15) is 24.6 Å². The van der Waals surface area contributed by atoms with Gasteiger partial charge in [-0.1, -0.05) is 57.7 Å². The molecule has 2 rings (SSSR count). The Morgan fingerprint density at radius 2 is 1.23 bits per heavy atom. The van der Waals surface area contributed by atoms with E-state index in [-0.39, 0.29) is 61.0 Å². The first kappa shape index (κ1) is 44.6. The van der Waals surface area contributed by atoms with Gasteiger partial charge in [-0.3, -0.25) is 9.59 Å². The topological polar surface area (TPSA) is 123 Å². The molecule has 53 heavy (non-hydrogen) atoms. The number of hydrogen-bond donors (Lipinski definition) is 2. The van der Waals surface area contributed by atoms with Crippen LogP contribution in [-0.4, -0.2) is 59.3 Å². The van der Waals surface area contributed by atoms with Crippen LogP contribution in [0.3, 0.4) is 0 Å². The Morgan fingerprint density at radius 3 is 1.74 bits per heavy atom. The van der Waals surface area contributed by atoms with Crippen LogP contribution >= 0.6 is 0 Å². The molecule has 1 atom stereocenters. The summed E-state index contributed by atoms with van der Waals surface area (Å²) in [6, 6.07) is 0.133. The molecule has 1 aliphatic rings. The lowest BCUT2D eigenvalue weighted by Gasteiger charge is -2.25. The minimum absolute atomic E-state index is 0.0147. The molecular weight excluding hydrogens is 670 g/mol. The third kappa shape index (κ3) is 15.9. The normalized spacial score (nSPS) is 14.1. The number of methoxy groups -OCH3 is 1. The summed E-state index contributed by atoms with van der Waals surface area (Å²) >= 11 is 0. The molecule has 1 aromatic rings. The van der Waals surface area contributed by atoms with Gasteiger partial charge in [-0.05, 0) is 131 Å². The second-order valence-corrected chi connectivity index (χ2v) is 14.5. The zero-order chi connectivity index (χ0) is 39.5. The lowest BCUT2D eigenvalue weighted by molar-refractivity contribution is -0.149. The van der Waals surface area contributed by atoms with Gasteiger partial charge in [0.25, 0.3) is 5.91 Å². The van der Waals surface area contributed by atoms with E-state index in [0.717, 1.165) is 62.5 Å². The van der Waals surface area contributed by atoms with E-state index < -0.39 is 23.9 Å². The highest BCUT2D eigenvalue weighted by Gasteiger charge is 2.40. The number of amides is 1. The Labute approximate surface area is 317 Å². The van der Waals surface area contributed by atoms with Gasteiger partial charge < -0.3 is 29.3 Å². The average molecular weight is 734 g/mol. The van der Waals surface area contributed by atoms with Crippen molar-refractivity contribution >= 4 is 17.8 Å². The Hall–Kier alpha value is -4.53. The van der Waals surface area contributed by atoms with Gasteiger partial charge in [0.1, 0.15) is 19.3 Å². The van der Waals surface area contributed by atoms with Gasteiger partial charge in [-0.25, -0.2) is 4.79 Å². The van der Waals surface area contributed by atoms with Crippen molar-refractivity contribution < 1.29 is 38.8 Å². The number of esters is 2. The molecule has 0 saturated carbocycles. The zero-order valence-electron chi connectivity index (χ0n) is 33.6. The number of fused-ring (bicyclic) bond motifs is 1. The SMILES string of the molecule is COC(=O)CCC(C(=O)OCC=C(C)CCC=C(C)CCC=C(C)C)N1Cc2c(cc(O)c(OCC=C(C)CCC=C(C)CCC=C(C)C)c2O)C1=O. The second-order valence-electron chi connectivity index (χ2n) is 14.5. The Balaban J connectivity index is 2.07. The molecule has 0 bridgehead atoms. The number of hydrogen-bond acceptors (Lipinski definition) is 8. The number of phenols is 2. The lowest BCUT2D eigenvalue weighted by Crippen LogP contribution is -2.42. The first-order valence-corrected chi connectivity index (χ1v) is 18.8. The third-order valence-corrected chi connectivity index (χ3v) is 9.22. The fourth-order valence-corrected chi connectivity index (χ4v) is 5.88. The average Bonchev–Trinajstić information content (AvgIpc) is 3.41. The summed E-state index contributed by atoms with van der Waals surface area (Å²) in [5.41, 5.74) is 7.80. The molecule has 0 spiro atoms. The van der Waals surface area contributed by atoms with Gasteiger partial charge in [0.15, 0.2) is 11.5 Å². The second kappa shape index (κ2) is 23.2. The molecule has 0 radical (unpaired) electrons. The highest BCUT2D eigenvalue weighted by molar-refractivity contribution is 6.02. The fraction of sp³-hybridized carbons (Fsp3) is 0.523. The van der Waals surface area contributed by atoms with Crippen LogP contribution in [0, 0.1) is 0 Å². The molecule has 1 aromatic carbocycles. The van der Waals surface area contributed by atoms with Crippen LogP contribution in [-0.2, 0) is 25.6 Å². The van der Waals surface area contributed by atoms with Crippen molar-refractivity contribution in [2.45, 2.75) is 132 Å². The summed E-state index contributed by atoms with van der Waals surface area (Å²) < 4.78 is 16.2. The Kier molecular flexibility index (Phi) is 19.5. The molecule has 0 fully saturated rings. The maximum atomic E-state index is 13.6. The van der Waals surface area contributed by atoms with Crippen molar-refractivity contribution in [2.24, 2.45) is 0 Å². The van der Waals surface area contributed by atoms with Gasteiger partial charge in [-0.2, -0.15) is 0 Å². The highest BCUT2D eigenvalue weighted by atomic mass is 16.5. The zero-order valence-corrected chi connectivity index (χ0v) is 33.6. The van der Waals surface area contributed by atoms with Crippen molar-refractivity contribution in [3.63, 3.8) is 0 Å². The van der Waals surface area contributed by atoms with Crippen LogP contribution < -0.4 is 4.74 Å². The van der Waals surface area contributed by atoms with Gasteiger partial charge in [0.2, 0.25) is 5.75 Å². The number of phenolic OH excluding ortho intramolecular Hbond substituents is 2. The summed E-state index contributed by atoms with van der Waals surface area (Å²) in [6.45, 7) is 16.7. The number of carbonyl (C=O) groups is 3. The van der Waals surface area contributed by atoms with Gasteiger partial charge in [0.05, 0.1) is 19.2 Å². The standard InChI is InChI=1S/C44H63NO8/c1-30(2)14-10-16-32(5)18-12-20-34(7)24-26-52-42-39(46)28-36-37(41(42)48)29-45(43(36)49)38(22-23-40(47)51-9)44(50)53-27-25-35(8)21-13-19-33(6)17-11-15-31(3)4/h14-15,18-19,24-25,28,38,46,48H,10-13,16-17,20-23,26-27,29H2,1-9H3. The van der Waals surface area contributed by atoms with E-state index in [0.29, 0.717) is 0 Å². The predicted octanol–water partition coefficient (Wildman–Crippen LogP) is 10.1. The first-order chi connectivity index (χ1) is 25.1. The molecule has 0 aromatic heterocycles. The number of aromatic hydroxyl groups is 2. The van der Waals surface area contributed by atoms with Gasteiger partial charge in [0, 0.05) is 12.0 Å². The van der Waals surface area contributed by atoms with Crippen LogP contribution in [0.4, 0.5) is 0 Å². The minimum atomic E-state index is -1.12. The van der Waals surface area contributed by atoms with E-state index in [1.54, 1.807) is 0 Å². The summed E-state index contributed by atoms with van der Waals surface area (Å²) in [5.74, 6) is -2.65. The lowest BCUT2D eigenvalue weighted by atomic mass is 10.1. The summed E-state index contributed by atoms with van der Waals surface area (Å²) in [4.78, 5) is 40.3.